The Kier molecular flexibility index (Phi) is 6.34. The summed E-state index contributed by atoms with van der Waals surface area (Å²) in [4.78, 5) is 2.13. The number of ether oxygens (including phenoxy) is 1. The lowest BCUT2D eigenvalue weighted by molar-refractivity contribution is -0.0358. The van der Waals surface area contributed by atoms with E-state index in [1.54, 1.807) is 0 Å². The molecule has 1 N–H and O–H groups in total. The van der Waals surface area contributed by atoms with Crippen molar-refractivity contribution in [1.82, 2.24) is 4.90 Å². The number of aliphatic hydroxyl groups excluding tert-OH is 1. The average Bonchev–Trinajstić information content (AvgIpc) is 2.02. The number of hydrogen-bond donors (Lipinski definition) is 1. The van der Waals surface area contributed by atoms with Crippen molar-refractivity contribution < 1.29 is 9.84 Å². The number of likely N-dealkylation sites (N-methyl/N-ethyl adjacent to an activating group) is 1. The number of rotatable bonds is 6. The highest BCUT2D eigenvalue weighted by atomic mass is 16.5. The smallest absolute Gasteiger partial charge is 0.0935 e. The molecule has 3 heteroatoms. The van der Waals surface area contributed by atoms with Gasteiger partial charge in [-0.25, -0.2) is 0 Å². The molecule has 0 heterocycles. The first-order valence-corrected chi connectivity index (χ1v) is 4.55. The second kappa shape index (κ2) is 6.40. The van der Waals surface area contributed by atoms with Crippen LogP contribution in [0.3, 0.4) is 0 Å². The van der Waals surface area contributed by atoms with E-state index >= 15 is 0 Å². The van der Waals surface area contributed by atoms with Gasteiger partial charge >= 0.3 is 0 Å². The normalized spacial score (nSPS) is 14.2. The van der Waals surface area contributed by atoms with Crippen molar-refractivity contribution in [1.29, 1.82) is 0 Å². The van der Waals surface area contributed by atoms with Gasteiger partial charge in [0, 0.05) is 6.54 Å². The van der Waals surface area contributed by atoms with E-state index in [1.165, 1.54) is 0 Å². The molecular formula is C9H21NO2. The van der Waals surface area contributed by atoms with Crippen LogP contribution in [0.15, 0.2) is 0 Å². The molecule has 0 aromatic carbocycles. The highest BCUT2D eigenvalue weighted by Crippen LogP contribution is 1.99. The van der Waals surface area contributed by atoms with Gasteiger partial charge < -0.3 is 14.7 Å². The second-order valence-electron chi connectivity index (χ2n) is 3.34. The van der Waals surface area contributed by atoms with Crippen LogP contribution in [0.1, 0.15) is 20.8 Å². The third-order valence-electron chi connectivity index (χ3n) is 1.72. The molecule has 0 amide bonds. The van der Waals surface area contributed by atoms with Crippen LogP contribution in [0.4, 0.5) is 0 Å². The van der Waals surface area contributed by atoms with Gasteiger partial charge in [0.05, 0.1) is 18.8 Å². The lowest BCUT2D eigenvalue weighted by Gasteiger charge is -2.23. The molecule has 0 unspecified atom stereocenters. The lowest BCUT2D eigenvalue weighted by Crippen LogP contribution is -2.35. The molecule has 12 heavy (non-hydrogen) atoms. The maximum atomic E-state index is 8.97. The first-order chi connectivity index (χ1) is 5.60. The van der Waals surface area contributed by atoms with E-state index in [2.05, 4.69) is 11.8 Å². The van der Waals surface area contributed by atoms with E-state index in [0.717, 1.165) is 13.1 Å². The molecule has 0 rings (SSSR count). The van der Waals surface area contributed by atoms with Crippen LogP contribution in [0.2, 0.25) is 0 Å². The Bertz CT molecular complexity index is 107. The molecule has 0 saturated carbocycles. The maximum absolute atomic E-state index is 8.97. The molecule has 0 aromatic heterocycles. The summed E-state index contributed by atoms with van der Waals surface area (Å²) in [5, 5.41) is 8.97. The van der Waals surface area contributed by atoms with Crippen LogP contribution in [-0.2, 0) is 4.74 Å². The van der Waals surface area contributed by atoms with Gasteiger partial charge in [0.1, 0.15) is 0 Å². The predicted molar refractivity (Wildman–Crippen MR) is 50.3 cm³/mol. The summed E-state index contributed by atoms with van der Waals surface area (Å²) in [6.07, 6.45) is 0.141. The minimum absolute atomic E-state index is 0.0463. The van der Waals surface area contributed by atoms with Gasteiger partial charge in [0.15, 0.2) is 0 Å². The van der Waals surface area contributed by atoms with Gasteiger partial charge in [0.2, 0.25) is 0 Å². The molecule has 0 aliphatic rings. The summed E-state index contributed by atoms with van der Waals surface area (Å²) in [6, 6.07) is 0. The molecule has 0 fully saturated rings. The van der Waals surface area contributed by atoms with Gasteiger partial charge in [-0.1, -0.05) is 6.92 Å². The molecule has 0 saturated heterocycles. The monoisotopic (exact) mass is 175 g/mol. The van der Waals surface area contributed by atoms with E-state index in [4.69, 9.17) is 9.84 Å². The third kappa shape index (κ3) is 5.52. The summed E-state index contributed by atoms with van der Waals surface area (Å²) in [7, 11) is 2.02. The lowest BCUT2D eigenvalue weighted by atomic mass is 10.3. The largest absolute Gasteiger partial charge is 0.394 e. The van der Waals surface area contributed by atoms with E-state index < -0.39 is 0 Å². The molecule has 3 nitrogen and oxygen atoms in total. The first kappa shape index (κ1) is 11.9. The molecule has 1 atom stereocenters. The Hall–Kier alpha value is -0.120. The van der Waals surface area contributed by atoms with E-state index in [9.17, 15) is 0 Å². The zero-order chi connectivity index (χ0) is 9.56. The highest BCUT2D eigenvalue weighted by Gasteiger charge is 2.11. The van der Waals surface area contributed by atoms with Gasteiger partial charge in [0.25, 0.3) is 0 Å². The molecule has 0 aliphatic carbocycles. The van der Waals surface area contributed by atoms with Crippen molar-refractivity contribution >= 4 is 0 Å². The topological polar surface area (TPSA) is 32.7 Å². The summed E-state index contributed by atoms with van der Waals surface area (Å²) < 4.78 is 5.48. The maximum Gasteiger partial charge on any atom is 0.0935 e. The SMILES string of the molecule is CCN(C)C[C@H](CO)OC(C)C. The quantitative estimate of drug-likeness (QED) is 0.646. The molecule has 0 radical (unpaired) electrons. The van der Waals surface area contributed by atoms with Gasteiger partial charge in [-0.05, 0) is 27.4 Å². The summed E-state index contributed by atoms with van der Waals surface area (Å²) in [6.45, 7) is 7.93. The second-order valence-corrected chi connectivity index (χ2v) is 3.34. The average molecular weight is 175 g/mol. The molecule has 0 aliphatic heterocycles. The highest BCUT2D eigenvalue weighted by molar-refractivity contribution is 4.61. The Morgan fingerprint density at radius 1 is 1.42 bits per heavy atom. The van der Waals surface area contributed by atoms with Crippen molar-refractivity contribution in [3.8, 4) is 0 Å². The van der Waals surface area contributed by atoms with Crippen molar-refractivity contribution in [3.05, 3.63) is 0 Å². The Morgan fingerprint density at radius 2 is 2.00 bits per heavy atom. The predicted octanol–water partition coefficient (Wildman–Crippen LogP) is 0.724. The zero-order valence-corrected chi connectivity index (χ0v) is 8.58. The fourth-order valence-electron chi connectivity index (χ4n) is 1.01. The third-order valence-corrected chi connectivity index (χ3v) is 1.72. The van der Waals surface area contributed by atoms with Crippen LogP contribution in [0.25, 0.3) is 0 Å². The first-order valence-electron chi connectivity index (χ1n) is 4.55. The van der Waals surface area contributed by atoms with Crippen LogP contribution < -0.4 is 0 Å². The molecule has 0 aromatic rings. The van der Waals surface area contributed by atoms with E-state index in [1.807, 2.05) is 20.9 Å². The van der Waals surface area contributed by atoms with Crippen LogP contribution in [0, 0.1) is 0 Å². The number of aliphatic hydroxyl groups is 1. The Balaban J connectivity index is 3.66. The molecule has 74 valence electrons. The van der Waals surface area contributed by atoms with Crippen LogP contribution in [-0.4, -0.2) is 49.0 Å². The Morgan fingerprint density at radius 3 is 2.33 bits per heavy atom. The standard InChI is InChI=1S/C9H21NO2/c1-5-10(4)6-9(7-11)12-8(2)3/h8-9,11H,5-7H2,1-4H3/t9-/m1/s1. The van der Waals surface area contributed by atoms with Crippen molar-refractivity contribution in [2.24, 2.45) is 0 Å². The van der Waals surface area contributed by atoms with Crippen LogP contribution in [0.5, 0.6) is 0 Å². The zero-order valence-electron chi connectivity index (χ0n) is 8.58. The molecular weight excluding hydrogens is 154 g/mol. The van der Waals surface area contributed by atoms with Crippen LogP contribution >= 0.6 is 0 Å². The Labute approximate surface area is 75.3 Å². The fraction of sp³-hybridized carbons (Fsp3) is 1.00. The van der Waals surface area contributed by atoms with Crippen molar-refractivity contribution in [2.45, 2.75) is 33.0 Å². The minimum atomic E-state index is -0.0463. The molecule has 0 spiro atoms. The summed E-state index contributed by atoms with van der Waals surface area (Å²) in [5.74, 6) is 0. The van der Waals surface area contributed by atoms with Crippen molar-refractivity contribution in [3.63, 3.8) is 0 Å². The van der Waals surface area contributed by atoms with Gasteiger partial charge in [-0.2, -0.15) is 0 Å². The van der Waals surface area contributed by atoms with Crippen molar-refractivity contribution in [2.75, 3.05) is 26.7 Å². The molecule has 0 bridgehead atoms. The number of hydrogen-bond acceptors (Lipinski definition) is 3. The van der Waals surface area contributed by atoms with E-state index in [-0.39, 0.29) is 18.8 Å². The summed E-state index contributed by atoms with van der Waals surface area (Å²) >= 11 is 0. The number of nitrogens with zero attached hydrogens (tertiary/aromatic N) is 1. The van der Waals surface area contributed by atoms with Gasteiger partial charge in [-0.3, -0.25) is 0 Å². The van der Waals surface area contributed by atoms with Gasteiger partial charge in [-0.15, -0.1) is 0 Å². The fourth-order valence-corrected chi connectivity index (χ4v) is 1.01. The summed E-state index contributed by atoms with van der Waals surface area (Å²) in [5.41, 5.74) is 0. The van der Waals surface area contributed by atoms with E-state index in [0.29, 0.717) is 0 Å². The minimum Gasteiger partial charge on any atom is -0.394 e.